The number of anilines is 1. The van der Waals surface area contributed by atoms with E-state index in [1.165, 1.54) is 0 Å². The zero-order valence-corrected chi connectivity index (χ0v) is 10.1. The van der Waals surface area contributed by atoms with Crippen molar-refractivity contribution in [3.63, 3.8) is 0 Å². The van der Waals surface area contributed by atoms with Gasteiger partial charge in [0.15, 0.2) is 0 Å². The standard InChI is InChI=1S/C12H18N4O/c1-15-6-3-7-16(9-8-15)12(17)10-4-2-5-11(13)14-10/h2,4-5H,3,6-9H2,1H3,(H2,13,14). The summed E-state index contributed by atoms with van der Waals surface area (Å²) in [5.74, 6) is 0.371. The average Bonchev–Trinajstić information content (AvgIpc) is 2.53. The van der Waals surface area contributed by atoms with Gasteiger partial charge in [-0.1, -0.05) is 6.07 Å². The molecule has 1 saturated heterocycles. The average molecular weight is 234 g/mol. The number of rotatable bonds is 1. The first-order valence-electron chi connectivity index (χ1n) is 5.87. The van der Waals surface area contributed by atoms with Crippen LogP contribution in [0, 0.1) is 0 Å². The molecule has 1 aromatic rings. The Morgan fingerprint density at radius 3 is 2.88 bits per heavy atom. The van der Waals surface area contributed by atoms with Crippen molar-refractivity contribution in [2.24, 2.45) is 0 Å². The number of nitrogens with two attached hydrogens (primary N) is 1. The molecule has 1 aliphatic heterocycles. The quantitative estimate of drug-likeness (QED) is 0.766. The molecule has 1 aliphatic rings. The Morgan fingerprint density at radius 2 is 2.12 bits per heavy atom. The molecule has 1 aromatic heterocycles. The third-order valence-corrected chi connectivity index (χ3v) is 3.00. The van der Waals surface area contributed by atoms with Crippen LogP contribution < -0.4 is 5.73 Å². The van der Waals surface area contributed by atoms with E-state index in [0.29, 0.717) is 11.5 Å². The van der Waals surface area contributed by atoms with E-state index < -0.39 is 0 Å². The van der Waals surface area contributed by atoms with E-state index >= 15 is 0 Å². The van der Waals surface area contributed by atoms with Crippen LogP contribution in [0.25, 0.3) is 0 Å². The first kappa shape index (κ1) is 11.9. The molecule has 2 heterocycles. The highest BCUT2D eigenvalue weighted by molar-refractivity contribution is 5.92. The summed E-state index contributed by atoms with van der Waals surface area (Å²) in [6, 6.07) is 5.17. The maximum atomic E-state index is 12.2. The molecule has 5 heteroatoms. The van der Waals surface area contributed by atoms with E-state index in [2.05, 4.69) is 16.9 Å². The van der Waals surface area contributed by atoms with Gasteiger partial charge < -0.3 is 15.5 Å². The number of hydrogen-bond donors (Lipinski definition) is 1. The molecule has 1 amide bonds. The van der Waals surface area contributed by atoms with Gasteiger partial charge in [0, 0.05) is 19.6 Å². The Morgan fingerprint density at radius 1 is 1.29 bits per heavy atom. The van der Waals surface area contributed by atoms with Crippen LogP contribution in [0.5, 0.6) is 0 Å². The molecular formula is C12H18N4O. The lowest BCUT2D eigenvalue weighted by molar-refractivity contribution is 0.0757. The fraction of sp³-hybridized carbons (Fsp3) is 0.500. The Balaban J connectivity index is 2.09. The van der Waals surface area contributed by atoms with Crippen LogP contribution in [0.1, 0.15) is 16.9 Å². The van der Waals surface area contributed by atoms with Crippen LogP contribution in [0.2, 0.25) is 0 Å². The lowest BCUT2D eigenvalue weighted by Crippen LogP contribution is -2.35. The van der Waals surface area contributed by atoms with Crippen molar-refractivity contribution in [1.29, 1.82) is 0 Å². The molecule has 17 heavy (non-hydrogen) atoms. The van der Waals surface area contributed by atoms with E-state index in [-0.39, 0.29) is 5.91 Å². The minimum atomic E-state index is -0.0207. The normalized spacial score (nSPS) is 17.8. The molecular weight excluding hydrogens is 216 g/mol. The highest BCUT2D eigenvalue weighted by atomic mass is 16.2. The minimum absolute atomic E-state index is 0.0207. The van der Waals surface area contributed by atoms with Crippen LogP contribution in [-0.4, -0.2) is 53.9 Å². The maximum Gasteiger partial charge on any atom is 0.272 e. The van der Waals surface area contributed by atoms with Gasteiger partial charge in [0.1, 0.15) is 11.5 Å². The second-order valence-electron chi connectivity index (χ2n) is 4.40. The van der Waals surface area contributed by atoms with Crippen molar-refractivity contribution in [2.75, 3.05) is 39.0 Å². The van der Waals surface area contributed by atoms with Crippen LogP contribution in [0.3, 0.4) is 0 Å². The number of aromatic nitrogens is 1. The molecule has 0 radical (unpaired) electrons. The third-order valence-electron chi connectivity index (χ3n) is 3.00. The summed E-state index contributed by atoms with van der Waals surface area (Å²) in [6.45, 7) is 3.49. The highest BCUT2D eigenvalue weighted by Gasteiger charge is 2.19. The van der Waals surface area contributed by atoms with E-state index in [4.69, 9.17) is 5.73 Å². The molecule has 0 aromatic carbocycles. The number of nitrogen functional groups attached to an aromatic ring is 1. The summed E-state index contributed by atoms with van der Waals surface area (Å²) < 4.78 is 0. The molecule has 0 atom stereocenters. The molecule has 2 rings (SSSR count). The third kappa shape index (κ3) is 2.94. The molecule has 2 N–H and O–H groups in total. The number of carbonyl (C=O) groups is 1. The van der Waals surface area contributed by atoms with Gasteiger partial charge in [0.05, 0.1) is 0 Å². The number of nitrogens with zero attached hydrogens (tertiary/aromatic N) is 3. The van der Waals surface area contributed by atoms with Gasteiger partial charge in [-0.25, -0.2) is 4.98 Å². The number of likely N-dealkylation sites (N-methyl/N-ethyl adjacent to an activating group) is 1. The van der Waals surface area contributed by atoms with Gasteiger partial charge in [-0.3, -0.25) is 4.79 Å². The fourth-order valence-corrected chi connectivity index (χ4v) is 1.98. The zero-order valence-electron chi connectivity index (χ0n) is 10.1. The molecule has 92 valence electrons. The van der Waals surface area contributed by atoms with Gasteiger partial charge in [0.2, 0.25) is 0 Å². The predicted octanol–water partition coefficient (Wildman–Crippen LogP) is 0.442. The van der Waals surface area contributed by atoms with Gasteiger partial charge in [-0.05, 0) is 32.1 Å². The Kier molecular flexibility index (Phi) is 3.58. The topological polar surface area (TPSA) is 62.5 Å². The summed E-state index contributed by atoms with van der Waals surface area (Å²) in [7, 11) is 2.08. The monoisotopic (exact) mass is 234 g/mol. The van der Waals surface area contributed by atoms with Crippen LogP contribution in [-0.2, 0) is 0 Å². The molecule has 0 saturated carbocycles. The zero-order chi connectivity index (χ0) is 12.3. The van der Waals surface area contributed by atoms with Crippen molar-refractivity contribution in [2.45, 2.75) is 6.42 Å². The van der Waals surface area contributed by atoms with E-state index in [0.717, 1.165) is 32.6 Å². The van der Waals surface area contributed by atoms with Crippen LogP contribution in [0.15, 0.2) is 18.2 Å². The van der Waals surface area contributed by atoms with E-state index in [9.17, 15) is 4.79 Å². The van der Waals surface area contributed by atoms with Crippen molar-refractivity contribution in [3.8, 4) is 0 Å². The van der Waals surface area contributed by atoms with Crippen LogP contribution >= 0.6 is 0 Å². The molecule has 0 aliphatic carbocycles. The first-order chi connectivity index (χ1) is 8.16. The van der Waals surface area contributed by atoms with Crippen LogP contribution in [0.4, 0.5) is 5.82 Å². The minimum Gasteiger partial charge on any atom is -0.384 e. The molecule has 0 unspecified atom stereocenters. The number of carbonyl (C=O) groups excluding carboxylic acids is 1. The van der Waals surface area contributed by atoms with Crippen molar-refractivity contribution in [3.05, 3.63) is 23.9 Å². The summed E-state index contributed by atoms with van der Waals surface area (Å²) in [5.41, 5.74) is 6.03. The Hall–Kier alpha value is -1.62. The second kappa shape index (κ2) is 5.14. The van der Waals surface area contributed by atoms with Gasteiger partial charge >= 0.3 is 0 Å². The second-order valence-corrected chi connectivity index (χ2v) is 4.40. The largest absolute Gasteiger partial charge is 0.384 e. The number of amides is 1. The summed E-state index contributed by atoms with van der Waals surface area (Å²) in [4.78, 5) is 20.4. The fourth-order valence-electron chi connectivity index (χ4n) is 1.98. The first-order valence-corrected chi connectivity index (χ1v) is 5.87. The molecule has 0 bridgehead atoms. The van der Waals surface area contributed by atoms with Gasteiger partial charge in [-0.2, -0.15) is 0 Å². The molecule has 5 nitrogen and oxygen atoms in total. The number of hydrogen-bond acceptors (Lipinski definition) is 4. The summed E-state index contributed by atoms with van der Waals surface area (Å²) in [6.07, 6.45) is 1.00. The highest BCUT2D eigenvalue weighted by Crippen LogP contribution is 2.08. The Bertz CT molecular complexity index is 407. The SMILES string of the molecule is CN1CCCN(C(=O)c2cccc(N)n2)CC1. The van der Waals surface area contributed by atoms with Gasteiger partial charge in [-0.15, -0.1) is 0 Å². The summed E-state index contributed by atoms with van der Waals surface area (Å²) >= 11 is 0. The summed E-state index contributed by atoms with van der Waals surface area (Å²) in [5, 5.41) is 0. The van der Waals surface area contributed by atoms with E-state index in [1.807, 2.05) is 4.90 Å². The van der Waals surface area contributed by atoms with Gasteiger partial charge in [0.25, 0.3) is 5.91 Å². The van der Waals surface area contributed by atoms with E-state index in [1.54, 1.807) is 18.2 Å². The lowest BCUT2D eigenvalue weighted by atomic mass is 10.3. The lowest BCUT2D eigenvalue weighted by Gasteiger charge is -2.20. The number of pyridine rings is 1. The predicted molar refractivity (Wildman–Crippen MR) is 66.7 cm³/mol. The molecule has 0 spiro atoms. The van der Waals surface area contributed by atoms with Crippen molar-refractivity contribution < 1.29 is 4.79 Å². The smallest absolute Gasteiger partial charge is 0.272 e. The Labute approximate surface area is 101 Å². The maximum absolute atomic E-state index is 12.2. The molecule has 1 fully saturated rings. The van der Waals surface area contributed by atoms with Crippen molar-refractivity contribution in [1.82, 2.24) is 14.8 Å². The van der Waals surface area contributed by atoms with Crippen molar-refractivity contribution >= 4 is 11.7 Å².